The lowest BCUT2D eigenvalue weighted by molar-refractivity contribution is 0.383. The summed E-state index contributed by atoms with van der Waals surface area (Å²) >= 11 is 0. The van der Waals surface area contributed by atoms with Gasteiger partial charge in [-0.1, -0.05) is 30.7 Å². The van der Waals surface area contributed by atoms with E-state index in [2.05, 4.69) is 45.1 Å². The van der Waals surface area contributed by atoms with E-state index in [1.54, 1.807) is 6.20 Å². The van der Waals surface area contributed by atoms with E-state index in [1.165, 1.54) is 36.9 Å². The molecule has 1 aliphatic rings. The zero-order valence-electron chi connectivity index (χ0n) is 11.7. The van der Waals surface area contributed by atoms with Gasteiger partial charge < -0.3 is 10.6 Å². The fraction of sp³-hybridized carbons (Fsp3) is 0.438. The molecule has 0 spiro atoms. The summed E-state index contributed by atoms with van der Waals surface area (Å²) in [4.78, 5) is 0. The van der Waals surface area contributed by atoms with Gasteiger partial charge in [0.2, 0.25) is 0 Å². The van der Waals surface area contributed by atoms with Crippen molar-refractivity contribution in [3.8, 4) is 11.3 Å². The Morgan fingerprint density at radius 2 is 2.05 bits per heavy atom. The molecule has 0 bridgehead atoms. The number of hydrogen-bond donors (Lipinski definition) is 3. The van der Waals surface area contributed by atoms with Crippen molar-refractivity contribution in [2.75, 3.05) is 13.1 Å². The third kappa shape index (κ3) is 3.46. The van der Waals surface area contributed by atoms with Gasteiger partial charge in [0.1, 0.15) is 0 Å². The van der Waals surface area contributed by atoms with Crippen LogP contribution in [0.15, 0.2) is 36.5 Å². The summed E-state index contributed by atoms with van der Waals surface area (Å²) in [6.07, 6.45) is 5.76. The van der Waals surface area contributed by atoms with Crippen molar-refractivity contribution in [2.24, 2.45) is 0 Å². The van der Waals surface area contributed by atoms with Crippen molar-refractivity contribution < 1.29 is 0 Å². The Labute approximate surface area is 120 Å². The number of aromatic nitrogens is 2. The Morgan fingerprint density at radius 1 is 1.15 bits per heavy atom. The molecule has 2 aromatic rings. The van der Waals surface area contributed by atoms with E-state index in [1.807, 2.05) is 6.07 Å². The Bertz CT molecular complexity index is 498. The van der Waals surface area contributed by atoms with Crippen LogP contribution in [-0.2, 0) is 6.54 Å². The first-order valence-corrected chi connectivity index (χ1v) is 7.44. The summed E-state index contributed by atoms with van der Waals surface area (Å²) in [5, 5.41) is 14.1. The topological polar surface area (TPSA) is 52.7 Å². The maximum absolute atomic E-state index is 3.98. The van der Waals surface area contributed by atoms with Gasteiger partial charge in [-0.15, -0.1) is 0 Å². The third-order valence-electron chi connectivity index (χ3n) is 3.90. The second-order valence-electron chi connectivity index (χ2n) is 5.44. The van der Waals surface area contributed by atoms with Crippen molar-refractivity contribution in [2.45, 2.75) is 31.8 Å². The minimum atomic E-state index is 0.646. The zero-order chi connectivity index (χ0) is 13.6. The van der Waals surface area contributed by atoms with Crippen LogP contribution in [0.3, 0.4) is 0 Å². The van der Waals surface area contributed by atoms with Crippen molar-refractivity contribution in [3.05, 3.63) is 42.1 Å². The highest BCUT2D eigenvalue weighted by Gasteiger charge is 2.11. The minimum Gasteiger partial charge on any atom is -0.313 e. The standard InChI is InChI=1S/C16H22N4/c1-2-9-18-15(3-1)12-17-11-13-4-6-14(7-5-13)16-8-10-19-20-16/h4-8,10,15,17-18H,1-3,9,11-12H2,(H,19,20). The van der Waals surface area contributed by atoms with E-state index in [0.29, 0.717) is 6.04 Å². The lowest BCUT2D eigenvalue weighted by Gasteiger charge is -2.23. The molecule has 1 aliphatic heterocycles. The Morgan fingerprint density at radius 3 is 2.75 bits per heavy atom. The van der Waals surface area contributed by atoms with Crippen LogP contribution < -0.4 is 10.6 Å². The van der Waals surface area contributed by atoms with Crippen LogP contribution >= 0.6 is 0 Å². The first-order valence-electron chi connectivity index (χ1n) is 7.44. The summed E-state index contributed by atoms with van der Waals surface area (Å²) in [5.41, 5.74) is 3.57. The molecule has 106 valence electrons. The molecule has 3 N–H and O–H groups in total. The maximum atomic E-state index is 3.98. The van der Waals surface area contributed by atoms with Gasteiger partial charge in [0.25, 0.3) is 0 Å². The molecular weight excluding hydrogens is 248 g/mol. The van der Waals surface area contributed by atoms with Crippen LogP contribution in [0, 0.1) is 0 Å². The van der Waals surface area contributed by atoms with Gasteiger partial charge in [-0.2, -0.15) is 5.10 Å². The molecule has 20 heavy (non-hydrogen) atoms. The van der Waals surface area contributed by atoms with Crippen LogP contribution in [0.2, 0.25) is 0 Å². The number of H-pyrrole nitrogens is 1. The second-order valence-corrected chi connectivity index (χ2v) is 5.44. The van der Waals surface area contributed by atoms with E-state index in [-0.39, 0.29) is 0 Å². The van der Waals surface area contributed by atoms with Crippen LogP contribution in [0.5, 0.6) is 0 Å². The van der Waals surface area contributed by atoms with E-state index < -0.39 is 0 Å². The van der Waals surface area contributed by atoms with Gasteiger partial charge in [0.15, 0.2) is 0 Å². The summed E-state index contributed by atoms with van der Waals surface area (Å²) < 4.78 is 0. The molecular formula is C16H22N4. The molecule has 1 fully saturated rings. The van der Waals surface area contributed by atoms with Gasteiger partial charge in [0.05, 0.1) is 5.69 Å². The molecule has 1 aromatic heterocycles. The second kappa shape index (κ2) is 6.68. The Balaban J connectivity index is 1.48. The SMILES string of the molecule is c1cc(-c2ccc(CNCC3CCCCN3)cc2)[nH]n1. The predicted molar refractivity (Wildman–Crippen MR) is 81.4 cm³/mol. The van der Waals surface area contributed by atoms with Crippen LogP contribution in [0.1, 0.15) is 24.8 Å². The minimum absolute atomic E-state index is 0.646. The average molecular weight is 270 g/mol. The monoisotopic (exact) mass is 270 g/mol. The number of hydrogen-bond acceptors (Lipinski definition) is 3. The normalized spacial score (nSPS) is 19.1. The van der Waals surface area contributed by atoms with Crippen LogP contribution in [0.4, 0.5) is 0 Å². The zero-order valence-corrected chi connectivity index (χ0v) is 11.7. The molecule has 1 unspecified atom stereocenters. The molecule has 0 aliphatic carbocycles. The van der Waals surface area contributed by atoms with Crippen molar-refractivity contribution in [1.29, 1.82) is 0 Å². The lowest BCUT2D eigenvalue weighted by atomic mass is 10.0. The quantitative estimate of drug-likeness (QED) is 0.781. The van der Waals surface area contributed by atoms with Gasteiger partial charge in [-0.25, -0.2) is 0 Å². The van der Waals surface area contributed by atoms with E-state index in [0.717, 1.165) is 18.8 Å². The van der Waals surface area contributed by atoms with Crippen molar-refractivity contribution >= 4 is 0 Å². The number of nitrogens with one attached hydrogen (secondary N) is 3. The van der Waals surface area contributed by atoms with E-state index >= 15 is 0 Å². The maximum Gasteiger partial charge on any atom is 0.0650 e. The van der Waals surface area contributed by atoms with Crippen molar-refractivity contribution in [1.82, 2.24) is 20.8 Å². The molecule has 4 nitrogen and oxygen atoms in total. The Kier molecular flexibility index (Phi) is 4.46. The largest absolute Gasteiger partial charge is 0.313 e. The molecule has 0 amide bonds. The molecule has 4 heteroatoms. The lowest BCUT2D eigenvalue weighted by Crippen LogP contribution is -2.41. The molecule has 0 saturated carbocycles. The first-order chi connectivity index (χ1) is 9.92. The third-order valence-corrected chi connectivity index (χ3v) is 3.90. The molecule has 1 aromatic carbocycles. The van der Waals surface area contributed by atoms with Crippen molar-refractivity contribution in [3.63, 3.8) is 0 Å². The Hall–Kier alpha value is -1.65. The summed E-state index contributed by atoms with van der Waals surface area (Å²) in [6.45, 7) is 3.16. The number of piperidine rings is 1. The molecule has 0 radical (unpaired) electrons. The molecule has 3 rings (SSSR count). The summed E-state index contributed by atoms with van der Waals surface area (Å²) in [6, 6.07) is 11.3. The predicted octanol–water partition coefficient (Wildman–Crippen LogP) is 2.31. The van der Waals surface area contributed by atoms with Gasteiger partial charge >= 0.3 is 0 Å². The number of aromatic amines is 1. The van der Waals surface area contributed by atoms with Crippen LogP contribution in [-0.4, -0.2) is 29.3 Å². The average Bonchev–Trinajstić information content (AvgIpc) is 3.03. The highest BCUT2D eigenvalue weighted by molar-refractivity contribution is 5.58. The number of nitrogens with zero attached hydrogens (tertiary/aromatic N) is 1. The molecule has 1 atom stereocenters. The van der Waals surface area contributed by atoms with Gasteiger partial charge in [-0.3, -0.25) is 5.10 Å². The van der Waals surface area contributed by atoms with Crippen LogP contribution in [0.25, 0.3) is 11.3 Å². The smallest absolute Gasteiger partial charge is 0.0650 e. The van der Waals surface area contributed by atoms with E-state index in [9.17, 15) is 0 Å². The van der Waals surface area contributed by atoms with E-state index in [4.69, 9.17) is 0 Å². The summed E-state index contributed by atoms with van der Waals surface area (Å²) in [5.74, 6) is 0. The molecule has 1 saturated heterocycles. The number of benzene rings is 1. The first kappa shape index (κ1) is 13.3. The van der Waals surface area contributed by atoms with Gasteiger partial charge in [0, 0.05) is 25.3 Å². The fourth-order valence-corrected chi connectivity index (χ4v) is 2.71. The van der Waals surface area contributed by atoms with Gasteiger partial charge in [-0.05, 0) is 36.6 Å². The molecule has 2 heterocycles. The fourth-order valence-electron chi connectivity index (χ4n) is 2.71. The highest BCUT2D eigenvalue weighted by atomic mass is 15.1. The highest BCUT2D eigenvalue weighted by Crippen LogP contribution is 2.16. The number of rotatable bonds is 5. The summed E-state index contributed by atoms with van der Waals surface area (Å²) in [7, 11) is 0.